The van der Waals surface area contributed by atoms with Crippen molar-refractivity contribution < 1.29 is 0 Å². The molecule has 2 aromatic rings. The zero-order valence-corrected chi connectivity index (χ0v) is 12.8. The highest BCUT2D eigenvalue weighted by molar-refractivity contribution is 7.98. The van der Waals surface area contributed by atoms with Crippen molar-refractivity contribution in [3.05, 3.63) is 30.1 Å². The van der Waals surface area contributed by atoms with Crippen LogP contribution in [0.1, 0.15) is 19.7 Å². The molecule has 0 bridgehead atoms. The molecule has 0 fully saturated rings. The minimum absolute atomic E-state index is 0.502. The highest BCUT2D eigenvalue weighted by atomic mass is 32.2. The van der Waals surface area contributed by atoms with Crippen LogP contribution in [0.2, 0.25) is 0 Å². The van der Waals surface area contributed by atoms with E-state index in [1.165, 1.54) is 11.3 Å². The smallest absolute Gasteiger partial charge is 0.111 e. The Bertz CT molecular complexity index is 515. The summed E-state index contributed by atoms with van der Waals surface area (Å²) < 4.78 is 2.33. The molecule has 3 nitrogen and oxygen atoms in total. The van der Waals surface area contributed by atoms with Crippen LogP contribution in [0.4, 0.5) is 0 Å². The third-order valence-corrected chi connectivity index (χ3v) is 4.08. The quantitative estimate of drug-likeness (QED) is 0.844. The van der Waals surface area contributed by atoms with Gasteiger partial charge in [-0.15, -0.1) is 0 Å². The molecule has 1 N–H and O–H groups in total. The van der Waals surface area contributed by atoms with Gasteiger partial charge < -0.3 is 9.88 Å². The number of nitrogens with zero attached hydrogens (tertiary/aromatic N) is 2. The molecule has 2 rings (SSSR count). The van der Waals surface area contributed by atoms with Crippen molar-refractivity contribution in [3.63, 3.8) is 0 Å². The Balaban J connectivity index is 2.27. The van der Waals surface area contributed by atoms with E-state index in [-0.39, 0.29) is 0 Å². The summed E-state index contributed by atoms with van der Waals surface area (Å²) in [5.41, 5.74) is 2.36. The first-order valence-corrected chi connectivity index (χ1v) is 8.36. The lowest BCUT2D eigenvalue weighted by Gasteiger charge is -2.17. The van der Waals surface area contributed by atoms with Crippen molar-refractivity contribution in [2.45, 2.75) is 32.9 Å². The Morgan fingerprint density at radius 3 is 2.79 bits per heavy atom. The largest absolute Gasteiger partial charge is 0.328 e. The van der Waals surface area contributed by atoms with Gasteiger partial charge in [0, 0.05) is 24.8 Å². The fourth-order valence-electron chi connectivity index (χ4n) is 2.53. The summed E-state index contributed by atoms with van der Waals surface area (Å²) in [6, 6.07) is 8.91. The molecule has 0 saturated heterocycles. The van der Waals surface area contributed by atoms with Crippen LogP contribution in [0.3, 0.4) is 0 Å². The number of thioether (sulfide) groups is 1. The predicted molar refractivity (Wildman–Crippen MR) is 85.0 cm³/mol. The zero-order valence-electron chi connectivity index (χ0n) is 12.0. The number of aromatic nitrogens is 2. The highest BCUT2D eigenvalue weighted by Gasteiger charge is 2.14. The fourth-order valence-corrected chi connectivity index (χ4v) is 3.17. The van der Waals surface area contributed by atoms with E-state index in [0.29, 0.717) is 6.04 Å². The van der Waals surface area contributed by atoms with Gasteiger partial charge >= 0.3 is 0 Å². The summed E-state index contributed by atoms with van der Waals surface area (Å²) >= 11 is 1.89. The number of rotatable bonds is 7. The summed E-state index contributed by atoms with van der Waals surface area (Å²) in [5, 5.41) is 3.55. The number of likely N-dealkylation sites (N-methyl/N-ethyl adjacent to an activating group) is 1. The molecule has 0 spiro atoms. The molecule has 0 aliphatic carbocycles. The second kappa shape index (κ2) is 6.96. The van der Waals surface area contributed by atoms with Gasteiger partial charge in [0.05, 0.1) is 11.0 Å². The number of para-hydroxylation sites is 2. The lowest BCUT2D eigenvalue weighted by atomic mass is 10.2. The van der Waals surface area contributed by atoms with E-state index in [2.05, 4.69) is 54.3 Å². The van der Waals surface area contributed by atoms with Gasteiger partial charge in [0.15, 0.2) is 0 Å². The normalized spacial score (nSPS) is 13.0. The lowest BCUT2D eigenvalue weighted by Crippen LogP contribution is -2.34. The van der Waals surface area contributed by atoms with Gasteiger partial charge in [-0.3, -0.25) is 0 Å². The van der Waals surface area contributed by atoms with Crippen LogP contribution < -0.4 is 5.32 Å². The topological polar surface area (TPSA) is 29.9 Å². The maximum Gasteiger partial charge on any atom is 0.111 e. The summed E-state index contributed by atoms with van der Waals surface area (Å²) in [7, 11) is 0. The van der Waals surface area contributed by atoms with Crippen molar-refractivity contribution in [2.75, 3.05) is 18.6 Å². The predicted octanol–water partition coefficient (Wildman–Crippen LogP) is 2.94. The molecule has 4 heteroatoms. The molecule has 1 aromatic heterocycles. The fraction of sp³-hybridized carbons (Fsp3) is 0.533. The molecule has 19 heavy (non-hydrogen) atoms. The van der Waals surface area contributed by atoms with E-state index in [9.17, 15) is 0 Å². The number of hydrogen-bond donors (Lipinski definition) is 1. The van der Waals surface area contributed by atoms with Crippen LogP contribution in [-0.4, -0.2) is 34.1 Å². The monoisotopic (exact) mass is 277 g/mol. The van der Waals surface area contributed by atoms with Gasteiger partial charge in [0.2, 0.25) is 0 Å². The minimum Gasteiger partial charge on any atom is -0.328 e. The standard InChI is InChI=1S/C15H23N3S/c1-4-16-12(11-19-3)10-15-17-13-8-6-7-9-14(13)18(15)5-2/h6-9,12,16H,4-5,10-11H2,1-3H3. The molecule has 1 aromatic carbocycles. The van der Waals surface area contributed by atoms with Crippen LogP contribution in [0.5, 0.6) is 0 Å². The number of hydrogen-bond acceptors (Lipinski definition) is 3. The first kappa shape index (κ1) is 14.4. The number of imidazole rings is 1. The average molecular weight is 277 g/mol. The van der Waals surface area contributed by atoms with Crippen molar-refractivity contribution >= 4 is 22.8 Å². The Labute approximate surface area is 119 Å². The van der Waals surface area contributed by atoms with E-state index in [1.54, 1.807) is 0 Å². The molecular formula is C15H23N3S. The molecule has 0 amide bonds. The van der Waals surface area contributed by atoms with E-state index in [1.807, 2.05) is 11.8 Å². The van der Waals surface area contributed by atoms with Crippen LogP contribution in [0, 0.1) is 0 Å². The van der Waals surface area contributed by atoms with E-state index in [0.717, 1.165) is 30.8 Å². The summed E-state index contributed by atoms with van der Waals surface area (Å²) in [6.45, 7) is 6.34. The van der Waals surface area contributed by atoms with E-state index >= 15 is 0 Å². The third kappa shape index (κ3) is 3.31. The Morgan fingerprint density at radius 2 is 2.11 bits per heavy atom. The third-order valence-electron chi connectivity index (χ3n) is 3.34. The van der Waals surface area contributed by atoms with Gasteiger partial charge in [-0.25, -0.2) is 4.98 Å². The lowest BCUT2D eigenvalue weighted by molar-refractivity contribution is 0.545. The average Bonchev–Trinajstić information content (AvgIpc) is 2.76. The molecule has 0 aliphatic heterocycles. The number of aryl methyl sites for hydroxylation is 1. The van der Waals surface area contributed by atoms with E-state index < -0.39 is 0 Å². The molecule has 1 atom stereocenters. The van der Waals surface area contributed by atoms with Gasteiger partial charge in [-0.2, -0.15) is 11.8 Å². The maximum absolute atomic E-state index is 4.80. The molecule has 0 saturated carbocycles. The Morgan fingerprint density at radius 1 is 1.32 bits per heavy atom. The van der Waals surface area contributed by atoms with Crippen molar-refractivity contribution in [1.29, 1.82) is 0 Å². The number of nitrogens with one attached hydrogen (secondary N) is 1. The molecule has 1 heterocycles. The van der Waals surface area contributed by atoms with Crippen molar-refractivity contribution in [3.8, 4) is 0 Å². The summed E-state index contributed by atoms with van der Waals surface area (Å²) in [6.07, 6.45) is 3.16. The first-order valence-electron chi connectivity index (χ1n) is 6.96. The van der Waals surface area contributed by atoms with Crippen LogP contribution in [-0.2, 0) is 13.0 Å². The summed E-state index contributed by atoms with van der Waals surface area (Å²) in [5.74, 6) is 2.32. The second-order valence-electron chi connectivity index (χ2n) is 4.68. The van der Waals surface area contributed by atoms with Crippen LogP contribution in [0.15, 0.2) is 24.3 Å². The first-order chi connectivity index (χ1) is 9.30. The minimum atomic E-state index is 0.502. The maximum atomic E-state index is 4.80. The summed E-state index contributed by atoms with van der Waals surface area (Å²) in [4.78, 5) is 4.80. The number of benzene rings is 1. The van der Waals surface area contributed by atoms with Gasteiger partial charge in [0.25, 0.3) is 0 Å². The SMILES string of the molecule is CCNC(CSC)Cc1nc2ccccc2n1CC. The van der Waals surface area contributed by atoms with Crippen molar-refractivity contribution in [2.24, 2.45) is 0 Å². The molecule has 0 aliphatic rings. The van der Waals surface area contributed by atoms with Gasteiger partial charge in [0.1, 0.15) is 5.82 Å². The number of fused-ring (bicyclic) bond motifs is 1. The Hall–Kier alpha value is -1.00. The van der Waals surface area contributed by atoms with Crippen molar-refractivity contribution in [1.82, 2.24) is 14.9 Å². The molecule has 104 valence electrons. The van der Waals surface area contributed by atoms with Crippen LogP contribution in [0.25, 0.3) is 11.0 Å². The zero-order chi connectivity index (χ0) is 13.7. The van der Waals surface area contributed by atoms with E-state index in [4.69, 9.17) is 4.98 Å². The van der Waals surface area contributed by atoms with Crippen LogP contribution >= 0.6 is 11.8 Å². The molecule has 0 radical (unpaired) electrons. The second-order valence-corrected chi connectivity index (χ2v) is 5.59. The van der Waals surface area contributed by atoms with Gasteiger partial charge in [-0.05, 0) is 31.9 Å². The highest BCUT2D eigenvalue weighted by Crippen LogP contribution is 2.17. The molecular weight excluding hydrogens is 254 g/mol. The van der Waals surface area contributed by atoms with Gasteiger partial charge in [-0.1, -0.05) is 19.1 Å². The Kier molecular flexibility index (Phi) is 5.28. The molecule has 1 unspecified atom stereocenters.